The van der Waals surface area contributed by atoms with Gasteiger partial charge in [-0.25, -0.2) is 0 Å². The van der Waals surface area contributed by atoms with Crippen LogP contribution >= 0.6 is 0 Å². The van der Waals surface area contributed by atoms with Gasteiger partial charge in [0, 0.05) is 24.0 Å². The molecule has 1 aliphatic heterocycles. The van der Waals surface area contributed by atoms with Crippen molar-refractivity contribution < 1.29 is 19.1 Å². The predicted molar refractivity (Wildman–Crippen MR) is 141 cm³/mol. The molecule has 1 unspecified atom stereocenters. The molecule has 0 aromatic heterocycles. The van der Waals surface area contributed by atoms with Crippen molar-refractivity contribution in [2.24, 2.45) is 5.92 Å². The van der Waals surface area contributed by atoms with Crippen LogP contribution in [0.5, 0.6) is 5.75 Å². The Morgan fingerprint density at radius 1 is 1.06 bits per heavy atom. The van der Waals surface area contributed by atoms with E-state index in [1.165, 1.54) is 4.90 Å². The van der Waals surface area contributed by atoms with Crippen molar-refractivity contribution in [1.82, 2.24) is 10.2 Å². The van der Waals surface area contributed by atoms with Crippen LogP contribution in [0.4, 0.5) is 5.69 Å². The topological polar surface area (TPSA) is 79.0 Å². The lowest BCUT2D eigenvalue weighted by molar-refractivity contribution is -0.140. The minimum atomic E-state index is -0.668. The number of carbonyl (C=O) groups excluding carboxylic acids is 3. The summed E-state index contributed by atoms with van der Waals surface area (Å²) in [6.45, 7) is 6.55. The summed E-state index contributed by atoms with van der Waals surface area (Å²) in [5.41, 5.74) is 2.16. The number of nitrogens with zero attached hydrogens (tertiary/aromatic N) is 2. The van der Waals surface area contributed by atoms with Crippen molar-refractivity contribution in [2.75, 3.05) is 25.1 Å². The van der Waals surface area contributed by atoms with Gasteiger partial charge in [0.1, 0.15) is 18.3 Å². The van der Waals surface area contributed by atoms with Gasteiger partial charge in [0.25, 0.3) is 5.91 Å². The highest BCUT2D eigenvalue weighted by atomic mass is 16.5. The first-order valence-corrected chi connectivity index (χ1v) is 12.4. The molecule has 0 aliphatic carbocycles. The van der Waals surface area contributed by atoms with Crippen LogP contribution in [0.1, 0.15) is 43.1 Å². The van der Waals surface area contributed by atoms with Crippen LogP contribution in [-0.2, 0) is 16.1 Å². The molecule has 0 saturated carbocycles. The Morgan fingerprint density at radius 2 is 1.78 bits per heavy atom. The van der Waals surface area contributed by atoms with E-state index in [0.717, 1.165) is 22.0 Å². The van der Waals surface area contributed by atoms with Gasteiger partial charge in [-0.1, -0.05) is 57.2 Å². The summed E-state index contributed by atoms with van der Waals surface area (Å²) in [7, 11) is 1.59. The van der Waals surface area contributed by atoms with Crippen LogP contribution in [0.25, 0.3) is 10.8 Å². The molecule has 1 heterocycles. The predicted octanol–water partition coefficient (Wildman–Crippen LogP) is 4.39. The summed E-state index contributed by atoms with van der Waals surface area (Å²) in [5, 5.41) is 4.79. The molecule has 0 radical (unpaired) electrons. The quantitative estimate of drug-likeness (QED) is 0.460. The van der Waals surface area contributed by atoms with Gasteiger partial charge in [-0.2, -0.15) is 0 Å². The minimum Gasteiger partial charge on any atom is -0.497 e. The molecule has 7 heteroatoms. The van der Waals surface area contributed by atoms with Gasteiger partial charge in [-0.3, -0.25) is 19.3 Å². The molecule has 1 atom stereocenters. The Hall–Kier alpha value is -3.87. The van der Waals surface area contributed by atoms with E-state index in [-0.39, 0.29) is 36.7 Å². The fraction of sp³-hybridized carbons (Fsp3) is 0.345. The molecule has 0 bridgehead atoms. The molecule has 3 aromatic carbocycles. The van der Waals surface area contributed by atoms with Crippen LogP contribution in [0, 0.1) is 5.92 Å². The number of rotatable bonds is 10. The number of hydrogen-bond acceptors (Lipinski definition) is 4. The van der Waals surface area contributed by atoms with E-state index in [2.05, 4.69) is 5.32 Å². The number of ether oxygens (including phenoxy) is 1. The number of amides is 3. The Labute approximate surface area is 212 Å². The summed E-state index contributed by atoms with van der Waals surface area (Å²) in [6, 6.07) is 18.1. The van der Waals surface area contributed by atoms with E-state index in [0.29, 0.717) is 24.3 Å². The first kappa shape index (κ1) is 25.2. The van der Waals surface area contributed by atoms with E-state index >= 15 is 0 Å². The number of benzene rings is 3. The fourth-order valence-corrected chi connectivity index (χ4v) is 4.67. The van der Waals surface area contributed by atoms with Gasteiger partial charge in [0.15, 0.2) is 0 Å². The standard InChI is InChI=1S/C29H33N3O4/c1-5-24(28(34)30-16-19(2)3)31(17-20-9-6-12-22(15-20)36-4)26(33)18-32-25-14-8-11-21-10-7-13-23(27(21)25)29(32)35/h6-15,19,24H,5,16-18H2,1-4H3,(H,30,34). The summed E-state index contributed by atoms with van der Waals surface area (Å²) in [5.74, 6) is 0.279. The minimum absolute atomic E-state index is 0.148. The number of anilines is 1. The molecule has 36 heavy (non-hydrogen) atoms. The van der Waals surface area contributed by atoms with Crippen LogP contribution in [-0.4, -0.2) is 48.9 Å². The van der Waals surface area contributed by atoms with Gasteiger partial charge in [-0.15, -0.1) is 0 Å². The zero-order valence-corrected chi connectivity index (χ0v) is 21.3. The van der Waals surface area contributed by atoms with Gasteiger partial charge in [0.2, 0.25) is 11.8 Å². The third-order valence-corrected chi connectivity index (χ3v) is 6.50. The van der Waals surface area contributed by atoms with E-state index in [9.17, 15) is 14.4 Å². The smallest absolute Gasteiger partial charge is 0.259 e. The summed E-state index contributed by atoms with van der Waals surface area (Å²) in [4.78, 5) is 43.4. The Kier molecular flexibility index (Phi) is 7.58. The van der Waals surface area contributed by atoms with E-state index in [1.54, 1.807) is 18.1 Å². The molecule has 3 amide bonds. The SMILES string of the molecule is CCC(C(=O)NCC(C)C)N(Cc1cccc(OC)c1)C(=O)CN1C(=O)c2cccc3cccc1c23. The summed E-state index contributed by atoms with van der Waals surface area (Å²) < 4.78 is 5.35. The molecule has 0 spiro atoms. The molecule has 4 rings (SSSR count). The lowest BCUT2D eigenvalue weighted by atomic mass is 10.1. The Morgan fingerprint density at radius 3 is 2.47 bits per heavy atom. The van der Waals surface area contributed by atoms with Crippen LogP contribution in [0.3, 0.4) is 0 Å². The second kappa shape index (κ2) is 10.8. The second-order valence-electron chi connectivity index (χ2n) is 9.51. The number of methoxy groups -OCH3 is 1. The molecule has 0 fully saturated rings. The molecular weight excluding hydrogens is 454 g/mol. The lowest BCUT2D eigenvalue weighted by Gasteiger charge is -2.32. The zero-order chi connectivity index (χ0) is 25.8. The van der Waals surface area contributed by atoms with Crippen molar-refractivity contribution in [3.05, 3.63) is 71.8 Å². The molecule has 0 saturated heterocycles. The van der Waals surface area contributed by atoms with Gasteiger partial charge in [-0.05, 0) is 47.6 Å². The third-order valence-electron chi connectivity index (χ3n) is 6.50. The van der Waals surface area contributed by atoms with Crippen molar-refractivity contribution >= 4 is 34.2 Å². The average molecular weight is 488 g/mol. The highest BCUT2D eigenvalue weighted by Gasteiger charge is 2.35. The molecule has 1 N–H and O–H groups in total. The number of carbonyl (C=O) groups is 3. The number of nitrogens with one attached hydrogen (secondary N) is 1. The molecule has 1 aliphatic rings. The maximum atomic E-state index is 13.8. The first-order valence-electron chi connectivity index (χ1n) is 12.4. The van der Waals surface area contributed by atoms with Crippen LogP contribution in [0.2, 0.25) is 0 Å². The maximum Gasteiger partial charge on any atom is 0.259 e. The van der Waals surface area contributed by atoms with Crippen LogP contribution < -0.4 is 15.0 Å². The van der Waals surface area contributed by atoms with E-state index in [1.807, 2.05) is 75.4 Å². The summed E-state index contributed by atoms with van der Waals surface area (Å²) in [6.07, 6.45) is 0.448. The monoisotopic (exact) mass is 487 g/mol. The highest BCUT2D eigenvalue weighted by Crippen LogP contribution is 2.37. The van der Waals surface area contributed by atoms with Gasteiger partial charge >= 0.3 is 0 Å². The zero-order valence-electron chi connectivity index (χ0n) is 21.3. The second-order valence-corrected chi connectivity index (χ2v) is 9.51. The lowest BCUT2D eigenvalue weighted by Crippen LogP contribution is -2.52. The normalized spacial score (nSPS) is 13.2. The van der Waals surface area contributed by atoms with E-state index < -0.39 is 6.04 Å². The van der Waals surface area contributed by atoms with Crippen LogP contribution in [0.15, 0.2) is 60.7 Å². The fourth-order valence-electron chi connectivity index (χ4n) is 4.67. The maximum absolute atomic E-state index is 13.8. The highest BCUT2D eigenvalue weighted by molar-refractivity contribution is 6.26. The third kappa shape index (κ3) is 5.05. The largest absolute Gasteiger partial charge is 0.497 e. The Bertz CT molecular complexity index is 1280. The summed E-state index contributed by atoms with van der Waals surface area (Å²) >= 11 is 0. The average Bonchev–Trinajstić information content (AvgIpc) is 3.15. The van der Waals surface area contributed by atoms with E-state index in [4.69, 9.17) is 4.74 Å². The van der Waals surface area contributed by atoms with Crippen molar-refractivity contribution in [2.45, 2.75) is 39.8 Å². The molecule has 7 nitrogen and oxygen atoms in total. The van der Waals surface area contributed by atoms with Crippen molar-refractivity contribution in [3.8, 4) is 5.75 Å². The van der Waals surface area contributed by atoms with Gasteiger partial charge in [0.05, 0.1) is 12.8 Å². The molecular formula is C29H33N3O4. The Balaban J connectivity index is 1.64. The first-order chi connectivity index (χ1) is 17.3. The molecule has 188 valence electrons. The van der Waals surface area contributed by atoms with Gasteiger partial charge < -0.3 is 15.0 Å². The van der Waals surface area contributed by atoms with Crippen molar-refractivity contribution in [3.63, 3.8) is 0 Å². The molecule has 3 aromatic rings. The number of hydrogen-bond donors (Lipinski definition) is 1. The van der Waals surface area contributed by atoms with Crippen molar-refractivity contribution in [1.29, 1.82) is 0 Å².